The van der Waals surface area contributed by atoms with Crippen molar-refractivity contribution in [2.75, 3.05) is 0 Å². The summed E-state index contributed by atoms with van der Waals surface area (Å²) in [6, 6.07) is 54.5. The zero-order chi connectivity index (χ0) is 31.6. The first-order chi connectivity index (χ1) is 23.8. The largest absolute Gasteiger partial charge is 0.456 e. The van der Waals surface area contributed by atoms with E-state index in [0.717, 1.165) is 60.4 Å². The van der Waals surface area contributed by atoms with Crippen LogP contribution < -0.4 is 0 Å². The number of benzene rings is 7. The molecule has 0 aliphatic heterocycles. The zero-order valence-electron chi connectivity index (χ0n) is 25.7. The van der Waals surface area contributed by atoms with E-state index < -0.39 is 0 Å². The average molecular weight is 615 g/mol. The number of fused-ring (bicyclic) bond motifs is 7. The van der Waals surface area contributed by atoms with Crippen LogP contribution in [0.2, 0.25) is 0 Å². The highest BCUT2D eigenvalue weighted by Gasteiger charge is 2.18. The maximum Gasteiger partial charge on any atom is 0.238 e. The summed E-state index contributed by atoms with van der Waals surface area (Å²) in [6.07, 6.45) is 0. The molecule has 0 aliphatic carbocycles. The molecule has 0 radical (unpaired) electrons. The van der Waals surface area contributed by atoms with Crippen LogP contribution in [0.4, 0.5) is 0 Å². The highest BCUT2D eigenvalue weighted by atomic mass is 16.3. The molecule has 3 heterocycles. The molecule has 0 aliphatic rings. The van der Waals surface area contributed by atoms with Crippen LogP contribution in [0.25, 0.3) is 94.4 Å². The molecule has 5 nitrogen and oxygen atoms in total. The van der Waals surface area contributed by atoms with Crippen molar-refractivity contribution in [3.8, 4) is 39.9 Å². The average Bonchev–Trinajstić information content (AvgIpc) is 3.70. The normalized spacial score (nSPS) is 11.8. The fourth-order valence-corrected chi connectivity index (χ4v) is 7.01. The molecular formula is C43H26N4O. The Morgan fingerprint density at radius 1 is 0.396 bits per heavy atom. The minimum absolute atomic E-state index is 0.576. The monoisotopic (exact) mass is 614 g/mol. The lowest BCUT2D eigenvalue weighted by molar-refractivity contribution is 0.669. The minimum Gasteiger partial charge on any atom is -0.456 e. The van der Waals surface area contributed by atoms with Crippen molar-refractivity contribution in [1.82, 2.24) is 19.5 Å². The topological polar surface area (TPSA) is 56.7 Å². The summed E-state index contributed by atoms with van der Waals surface area (Å²) in [5, 5.41) is 6.83. The van der Waals surface area contributed by atoms with Gasteiger partial charge in [0.2, 0.25) is 5.95 Å². The van der Waals surface area contributed by atoms with Gasteiger partial charge in [0.25, 0.3) is 0 Å². The number of nitrogens with zero attached hydrogens (tertiary/aromatic N) is 4. The second-order valence-corrected chi connectivity index (χ2v) is 12.1. The van der Waals surface area contributed by atoms with Gasteiger partial charge in [-0.3, -0.25) is 4.57 Å². The molecule has 224 valence electrons. The Labute approximate surface area is 275 Å². The van der Waals surface area contributed by atoms with Gasteiger partial charge in [-0.15, -0.1) is 0 Å². The Balaban J connectivity index is 1.19. The minimum atomic E-state index is 0.576. The first kappa shape index (κ1) is 26.6. The van der Waals surface area contributed by atoms with Crippen molar-refractivity contribution in [1.29, 1.82) is 0 Å². The molecule has 0 bridgehead atoms. The summed E-state index contributed by atoms with van der Waals surface area (Å²) in [5.74, 6) is 1.79. The third-order valence-corrected chi connectivity index (χ3v) is 9.26. The van der Waals surface area contributed by atoms with Gasteiger partial charge in [0.1, 0.15) is 11.2 Å². The third-order valence-electron chi connectivity index (χ3n) is 9.26. The van der Waals surface area contributed by atoms with Gasteiger partial charge >= 0.3 is 0 Å². The Hall–Kier alpha value is -6.59. The van der Waals surface area contributed by atoms with E-state index in [1.165, 1.54) is 16.3 Å². The molecule has 0 fully saturated rings. The van der Waals surface area contributed by atoms with Crippen molar-refractivity contribution in [3.63, 3.8) is 0 Å². The molecule has 7 aromatic carbocycles. The highest BCUT2D eigenvalue weighted by Crippen LogP contribution is 2.37. The maximum absolute atomic E-state index is 6.34. The first-order valence-corrected chi connectivity index (χ1v) is 16.0. The summed E-state index contributed by atoms with van der Waals surface area (Å²) < 4.78 is 8.48. The van der Waals surface area contributed by atoms with Gasteiger partial charge in [-0.05, 0) is 64.4 Å². The van der Waals surface area contributed by atoms with Gasteiger partial charge in [0, 0.05) is 32.7 Å². The van der Waals surface area contributed by atoms with Gasteiger partial charge in [-0.25, -0.2) is 4.98 Å². The van der Waals surface area contributed by atoms with Crippen molar-refractivity contribution >= 4 is 54.5 Å². The van der Waals surface area contributed by atoms with Crippen LogP contribution in [0.1, 0.15) is 0 Å². The SMILES string of the molecule is c1ccc(-c2nc(-c3ccc4oc5ccc(-c6cccc7ccccc67)cc5c4c3)nc(-n3c4ccccc4c4ccccc43)n2)cc1. The number of aromatic nitrogens is 4. The lowest BCUT2D eigenvalue weighted by Crippen LogP contribution is -2.06. The van der Waals surface area contributed by atoms with E-state index in [2.05, 4.69) is 120 Å². The van der Waals surface area contributed by atoms with E-state index in [4.69, 9.17) is 19.4 Å². The standard InChI is InChI=1S/C43H26N4O/c1-2-12-28(13-3-1)41-44-42(46-43(45-41)47-37-19-8-6-16-33(37)34-17-7-9-20-38(34)47)30-22-24-40-36(26-30)35-25-29(21-23-39(35)48-40)32-18-10-14-27-11-4-5-15-31(27)32/h1-26H. The van der Waals surface area contributed by atoms with Gasteiger partial charge in [-0.1, -0.05) is 115 Å². The lowest BCUT2D eigenvalue weighted by atomic mass is 9.97. The number of hydrogen-bond donors (Lipinski definition) is 0. The van der Waals surface area contributed by atoms with E-state index in [-0.39, 0.29) is 0 Å². The van der Waals surface area contributed by atoms with E-state index >= 15 is 0 Å². The fourth-order valence-electron chi connectivity index (χ4n) is 7.01. The van der Waals surface area contributed by atoms with Gasteiger partial charge in [0.15, 0.2) is 11.6 Å². The maximum atomic E-state index is 6.34. The van der Waals surface area contributed by atoms with Crippen molar-refractivity contribution in [3.05, 3.63) is 158 Å². The van der Waals surface area contributed by atoms with Gasteiger partial charge in [0.05, 0.1) is 11.0 Å². The Morgan fingerprint density at radius 2 is 0.958 bits per heavy atom. The molecule has 3 aromatic heterocycles. The molecule has 10 aromatic rings. The van der Waals surface area contributed by atoms with Crippen LogP contribution >= 0.6 is 0 Å². The molecule has 0 N–H and O–H groups in total. The molecule has 0 unspecified atom stereocenters. The van der Waals surface area contributed by atoms with Crippen LogP contribution in [-0.4, -0.2) is 19.5 Å². The van der Waals surface area contributed by atoms with Gasteiger partial charge in [-0.2, -0.15) is 9.97 Å². The first-order valence-electron chi connectivity index (χ1n) is 16.0. The smallest absolute Gasteiger partial charge is 0.238 e. The lowest BCUT2D eigenvalue weighted by Gasteiger charge is -2.11. The predicted molar refractivity (Wildman–Crippen MR) is 195 cm³/mol. The molecule has 0 saturated heterocycles. The number of hydrogen-bond acceptors (Lipinski definition) is 4. The Morgan fingerprint density at radius 3 is 1.69 bits per heavy atom. The highest BCUT2D eigenvalue weighted by molar-refractivity contribution is 6.10. The molecule has 0 atom stereocenters. The molecule has 48 heavy (non-hydrogen) atoms. The molecule has 0 amide bonds. The van der Waals surface area contributed by atoms with E-state index in [1.54, 1.807) is 0 Å². The predicted octanol–water partition coefficient (Wildman–Crippen LogP) is 11.0. The Bertz CT molecular complexity index is 2790. The third kappa shape index (κ3) is 4.15. The summed E-state index contributed by atoms with van der Waals surface area (Å²) in [6.45, 7) is 0. The molecule has 10 rings (SSSR count). The quantitative estimate of drug-likeness (QED) is 0.198. The summed E-state index contributed by atoms with van der Waals surface area (Å²) in [7, 11) is 0. The summed E-state index contributed by atoms with van der Waals surface area (Å²) >= 11 is 0. The van der Waals surface area contributed by atoms with E-state index in [1.807, 2.05) is 42.5 Å². The number of furan rings is 1. The number of para-hydroxylation sites is 2. The van der Waals surface area contributed by atoms with Crippen LogP contribution in [0, 0.1) is 0 Å². The second kappa shape index (κ2) is 10.5. The van der Waals surface area contributed by atoms with Crippen LogP contribution in [0.5, 0.6) is 0 Å². The van der Waals surface area contributed by atoms with E-state index in [0.29, 0.717) is 17.6 Å². The van der Waals surface area contributed by atoms with Crippen LogP contribution in [0.3, 0.4) is 0 Å². The number of rotatable bonds is 4. The molecule has 0 spiro atoms. The van der Waals surface area contributed by atoms with Crippen molar-refractivity contribution in [2.45, 2.75) is 0 Å². The summed E-state index contributed by atoms with van der Waals surface area (Å²) in [5.41, 5.74) is 7.93. The van der Waals surface area contributed by atoms with Gasteiger partial charge < -0.3 is 4.42 Å². The van der Waals surface area contributed by atoms with Crippen molar-refractivity contribution < 1.29 is 4.42 Å². The Kier molecular flexibility index (Phi) is 5.81. The van der Waals surface area contributed by atoms with Crippen LogP contribution in [-0.2, 0) is 0 Å². The second-order valence-electron chi connectivity index (χ2n) is 12.1. The van der Waals surface area contributed by atoms with E-state index in [9.17, 15) is 0 Å². The molecule has 5 heteroatoms. The zero-order valence-corrected chi connectivity index (χ0v) is 25.7. The van der Waals surface area contributed by atoms with Crippen LogP contribution in [0.15, 0.2) is 162 Å². The fraction of sp³-hybridized carbons (Fsp3) is 0. The van der Waals surface area contributed by atoms with Crippen molar-refractivity contribution in [2.24, 2.45) is 0 Å². The molecular weight excluding hydrogens is 589 g/mol. The molecule has 0 saturated carbocycles. The summed E-state index contributed by atoms with van der Waals surface area (Å²) in [4.78, 5) is 15.3.